The van der Waals surface area contributed by atoms with E-state index in [-0.39, 0.29) is 5.91 Å². The number of anilines is 1. The first kappa shape index (κ1) is 16.0. The fraction of sp³-hybridized carbons (Fsp3) is 0.583. The zero-order valence-electron chi connectivity index (χ0n) is 11.4. The molecule has 1 aromatic heterocycles. The smallest absolute Gasteiger partial charge is 0.224 e. The molecule has 0 spiro atoms. The summed E-state index contributed by atoms with van der Waals surface area (Å²) in [6.45, 7) is 5.97. The topological polar surface area (TPSA) is 58.1 Å². The molecule has 0 atom stereocenters. The number of amides is 1. The van der Waals surface area contributed by atoms with Gasteiger partial charge in [0.1, 0.15) is 11.0 Å². The molecule has 1 aromatic rings. The van der Waals surface area contributed by atoms with Crippen LogP contribution in [0.5, 0.6) is 0 Å². The van der Waals surface area contributed by atoms with Gasteiger partial charge in [0.15, 0.2) is 5.16 Å². The minimum absolute atomic E-state index is 0.141. The highest BCUT2D eigenvalue weighted by Gasteiger charge is 2.09. The van der Waals surface area contributed by atoms with Gasteiger partial charge in [-0.3, -0.25) is 4.79 Å². The average Bonchev–Trinajstić information content (AvgIpc) is 2.39. The van der Waals surface area contributed by atoms with Gasteiger partial charge in [-0.1, -0.05) is 23.4 Å². The van der Waals surface area contributed by atoms with Crippen molar-refractivity contribution in [3.63, 3.8) is 0 Å². The lowest BCUT2D eigenvalue weighted by atomic mass is 10.3. The molecular formula is C12H19ClN4OS. The average molecular weight is 303 g/mol. The van der Waals surface area contributed by atoms with Gasteiger partial charge in [-0.05, 0) is 20.1 Å². The van der Waals surface area contributed by atoms with Crippen LogP contribution in [0.25, 0.3) is 0 Å². The summed E-state index contributed by atoms with van der Waals surface area (Å²) in [5.41, 5.74) is 0. The van der Waals surface area contributed by atoms with E-state index in [4.69, 9.17) is 11.6 Å². The van der Waals surface area contributed by atoms with E-state index in [1.54, 1.807) is 6.07 Å². The number of rotatable bonds is 7. The fourth-order valence-corrected chi connectivity index (χ4v) is 2.22. The van der Waals surface area contributed by atoms with Gasteiger partial charge in [-0.15, -0.1) is 0 Å². The van der Waals surface area contributed by atoms with Gasteiger partial charge in [0.25, 0.3) is 0 Å². The van der Waals surface area contributed by atoms with Gasteiger partial charge >= 0.3 is 0 Å². The van der Waals surface area contributed by atoms with Gasteiger partial charge < -0.3 is 10.2 Å². The first-order valence-electron chi connectivity index (χ1n) is 6.20. The summed E-state index contributed by atoms with van der Waals surface area (Å²) in [6.07, 6.45) is 2.33. The number of thioether (sulfide) groups is 1. The summed E-state index contributed by atoms with van der Waals surface area (Å²) in [6, 6.07) is 1.66. The number of halogens is 1. The number of carbonyl (C=O) groups excluding carboxylic acids is 1. The fourth-order valence-electron chi connectivity index (χ4n) is 1.61. The van der Waals surface area contributed by atoms with E-state index in [9.17, 15) is 4.79 Å². The van der Waals surface area contributed by atoms with Crippen molar-refractivity contribution in [3.8, 4) is 0 Å². The Balaban J connectivity index is 2.49. The van der Waals surface area contributed by atoms with Crippen LogP contribution in [0, 0.1) is 0 Å². The summed E-state index contributed by atoms with van der Waals surface area (Å²) >= 11 is 7.31. The van der Waals surface area contributed by atoms with Crippen molar-refractivity contribution in [1.82, 2.24) is 14.9 Å². The third kappa shape index (κ3) is 5.24. The van der Waals surface area contributed by atoms with Crippen molar-refractivity contribution in [2.45, 2.75) is 25.4 Å². The Kier molecular flexibility index (Phi) is 6.94. The Bertz CT molecular complexity index is 426. The molecule has 0 aromatic carbocycles. The van der Waals surface area contributed by atoms with E-state index in [0.29, 0.717) is 29.1 Å². The minimum Gasteiger partial charge on any atom is -0.369 e. The highest BCUT2D eigenvalue weighted by molar-refractivity contribution is 7.98. The van der Waals surface area contributed by atoms with Crippen LogP contribution in [-0.4, -0.2) is 46.7 Å². The molecule has 0 aliphatic carbocycles. The SMILES string of the molecule is CCN(CC)C(=O)CCNc1cc(Cl)nc(SC)n1. The molecular weight excluding hydrogens is 284 g/mol. The molecule has 0 aliphatic heterocycles. The molecule has 1 amide bonds. The zero-order valence-corrected chi connectivity index (χ0v) is 13.0. The molecule has 0 radical (unpaired) electrons. The number of hydrogen-bond acceptors (Lipinski definition) is 5. The molecule has 0 bridgehead atoms. The molecule has 0 unspecified atom stereocenters. The van der Waals surface area contributed by atoms with Crippen LogP contribution in [0.2, 0.25) is 5.15 Å². The third-order valence-electron chi connectivity index (χ3n) is 2.62. The van der Waals surface area contributed by atoms with Crippen molar-refractivity contribution in [3.05, 3.63) is 11.2 Å². The molecule has 5 nitrogen and oxygen atoms in total. The van der Waals surface area contributed by atoms with Crippen molar-refractivity contribution >= 4 is 35.1 Å². The highest BCUT2D eigenvalue weighted by Crippen LogP contribution is 2.17. The predicted octanol–water partition coefficient (Wildman–Crippen LogP) is 2.52. The molecule has 19 heavy (non-hydrogen) atoms. The van der Waals surface area contributed by atoms with Gasteiger partial charge in [-0.25, -0.2) is 9.97 Å². The normalized spacial score (nSPS) is 10.3. The van der Waals surface area contributed by atoms with Crippen LogP contribution < -0.4 is 5.32 Å². The van der Waals surface area contributed by atoms with Gasteiger partial charge in [-0.2, -0.15) is 0 Å². The molecule has 0 aliphatic rings. The van der Waals surface area contributed by atoms with Crippen LogP contribution >= 0.6 is 23.4 Å². The first-order valence-corrected chi connectivity index (χ1v) is 7.81. The Morgan fingerprint density at radius 3 is 2.68 bits per heavy atom. The largest absolute Gasteiger partial charge is 0.369 e. The van der Waals surface area contributed by atoms with Crippen LogP contribution in [0.4, 0.5) is 5.82 Å². The Hall–Kier alpha value is -1.01. The highest BCUT2D eigenvalue weighted by atomic mass is 35.5. The second-order valence-corrected chi connectivity index (χ2v) is 4.97. The number of hydrogen-bond donors (Lipinski definition) is 1. The Morgan fingerprint density at radius 2 is 2.11 bits per heavy atom. The number of carbonyl (C=O) groups is 1. The van der Waals surface area contributed by atoms with Gasteiger partial charge in [0, 0.05) is 32.1 Å². The maximum Gasteiger partial charge on any atom is 0.224 e. The van der Waals surface area contributed by atoms with E-state index >= 15 is 0 Å². The van der Waals surface area contributed by atoms with Crippen molar-refractivity contribution in [2.24, 2.45) is 0 Å². The summed E-state index contributed by atoms with van der Waals surface area (Å²) in [7, 11) is 0. The molecule has 0 saturated heterocycles. The van der Waals surface area contributed by atoms with Crippen LogP contribution in [0.1, 0.15) is 20.3 Å². The van der Waals surface area contributed by atoms with Gasteiger partial charge in [0.2, 0.25) is 5.91 Å². The van der Waals surface area contributed by atoms with E-state index in [2.05, 4.69) is 15.3 Å². The van der Waals surface area contributed by atoms with Crippen molar-refractivity contribution < 1.29 is 4.79 Å². The first-order chi connectivity index (χ1) is 9.10. The summed E-state index contributed by atoms with van der Waals surface area (Å²) in [5.74, 6) is 0.791. The Labute approximate surface area is 123 Å². The van der Waals surface area contributed by atoms with Gasteiger partial charge in [0.05, 0.1) is 0 Å². The molecule has 1 N–H and O–H groups in total. The third-order valence-corrected chi connectivity index (χ3v) is 3.36. The lowest BCUT2D eigenvalue weighted by Crippen LogP contribution is -2.31. The summed E-state index contributed by atoms with van der Waals surface area (Å²) in [5, 5.41) is 4.11. The van der Waals surface area contributed by atoms with E-state index in [1.807, 2.05) is 25.0 Å². The number of nitrogens with one attached hydrogen (secondary N) is 1. The second-order valence-electron chi connectivity index (χ2n) is 3.81. The van der Waals surface area contributed by atoms with E-state index in [0.717, 1.165) is 13.1 Å². The zero-order chi connectivity index (χ0) is 14.3. The Morgan fingerprint density at radius 1 is 1.42 bits per heavy atom. The van der Waals surface area contributed by atoms with Crippen LogP contribution in [0.3, 0.4) is 0 Å². The maximum atomic E-state index is 11.8. The van der Waals surface area contributed by atoms with E-state index in [1.165, 1.54) is 11.8 Å². The standard InChI is InChI=1S/C12H19ClN4OS/c1-4-17(5-2)11(18)6-7-14-10-8-9(13)15-12(16-10)19-3/h8H,4-7H2,1-3H3,(H,14,15,16). The number of aromatic nitrogens is 2. The predicted molar refractivity (Wildman–Crippen MR) is 79.9 cm³/mol. The quantitative estimate of drug-likeness (QED) is 0.476. The molecule has 1 rings (SSSR count). The van der Waals surface area contributed by atoms with Crippen molar-refractivity contribution in [1.29, 1.82) is 0 Å². The molecule has 0 fully saturated rings. The second kappa shape index (κ2) is 8.22. The molecule has 7 heteroatoms. The monoisotopic (exact) mass is 302 g/mol. The number of nitrogens with zero attached hydrogens (tertiary/aromatic N) is 3. The van der Waals surface area contributed by atoms with Crippen molar-refractivity contribution in [2.75, 3.05) is 31.2 Å². The molecule has 0 saturated carbocycles. The van der Waals surface area contributed by atoms with Crippen LogP contribution in [-0.2, 0) is 4.79 Å². The lowest BCUT2D eigenvalue weighted by molar-refractivity contribution is -0.130. The van der Waals surface area contributed by atoms with Crippen LogP contribution in [0.15, 0.2) is 11.2 Å². The van der Waals surface area contributed by atoms with E-state index < -0.39 is 0 Å². The minimum atomic E-state index is 0.141. The maximum absolute atomic E-state index is 11.8. The summed E-state index contributed by atoms with van der Waals surface area (Å²) < 4.78 is 0. The summed E-state index contributed by atoms with van der Waals surface area (Å²) in [4.78, 5) is 21.9. The molecule has 106 valence electrons. The molecule has 1 heterocycles. The lowest BCUT2D eigenvalue weighted by Gasteiger charge is -2.18.